The number of nitrogens with zero attached hydrogens (tertiary/aromatic N) is 2. The van der Waals surface area contributed by atoms with Gasteiger partial charge in [0.2, 0.25) is 0 Å². The van der Waals surface area contributed by atoms with E-state index in [2.05, 4.69) is 9.80 Å². The quantitative estimate of drug-likeness (QED) is 0.788. The summed E-state index contributed by atoms with van der Waals surface area (Å²) in [5.74, 6) is -0.183. The van der Waals surface area contributed by atoms with Crippen LogP contribution >= 0.6 is 0 Å². The maximum Gasteiger partial charge on any atom is 0.164 e. The van der Waals surface area contributed by atoms with Crippen LogP contribution in [0.4, 0.5) is 4.39 Å². The number of ketones is 1. The Hall–Kier alpha value is -1.26. The molecule has 2 aliphatic rings. The van der Waals surface area contributed by atoms with Gasteiger partial charge < -0.3 is 4.90 Å². The maximum absolute atomic E-state index is 12.8. The van der Waals surface area contributed by atoms with Crippen LogP contribution in [0.25, 0.3) is 0 Å². The Morgan fingerprint density at radius 1 is 1.20 bits per heavy atom. The van der Waals surface area contributed by atoms with Gasteiger partial charge in [0.05, 0.1) is 0 Å². The van der Waals surface area contributed by atoms with Gasteiger partial charge in [0.15, 0.2) is 5.78 Å². The van der Waals surface area contributed by atoms with Crippen LogP contribution < -0.4 is 0 Å². The van der Waals surface area contributed by atoms with Gasteiger partial charge in [0.1, 0.15) is 5.82 Å². The summed E-state index contributed by atoms with van der Waals surface area (Å²) >= 11 is 0. The van der Waals surface area contributed by atoms with E-state index in [1.54, 1.807) is 12.1 Å². The number of carbonyl (C=O) groups is 1. The average molecular weight is 276 g/mol. The smallest absolute Gasteiger partial charge is 0.164 e. The van der Waals surface area contributed by atoms with E-state index in [9.17, 15) is 9.18 Å². The van der Waals surface area contributed by atoms with Crippen molar-refractivity contribution in [2.24, 2.45) is 0 Å². The molecule has 3 rings (SSSR count). The van der Waals surface area contributed by atoms with Crippen LogP contribution in [-0.4, -0.2) is 54.3 Å². The number of benzene rings is 1. The first-order valence-electron chi connectivity index (χ1n) is 7.47. The minimum Gasteiger partial charge on any atom is -0.300 e. The fourth-order valence-corrected chi connectivity index (χ4v) is 3.30. The highest BCUT2D eigenvalue weighted by Gasteiger charge is 2.30. The van der Waals surface area contributed by atoms with Crippen molar-refractivity contribution in [3.63, 3.8) is 0 Å². The molecule has 4 heteroatoms. The van der Waals surface area contributed by atoms with Gasteiger partial charge in [-0.3, -0.25) is 9.69 Å². The minimum absolute atomic E-state index is 0.110. The highest BCUT2D eigenvalue weighted by Crippen LogP contribution is 2.21. The molecule has 1 aromatic rings. The summed E-state index contributed by atoms with van der Waals surface area (Å²) in [7, 11) is 0. The Kier molecular flexibility index (Phi) is 4.13. The number of hydrogen-bond donors (Lipinski definition) is 0. The zero-order chi connectivity index (χ0) is 13.9. The highest BCUT2D eigenvalue weighted by atomic mass is 19.1. The van der Waals surface area contributed by atoms with Crippen molar-refractivity contribution >= 4 is 5.78 Å². The van der Waals surface area contributed by atoms with E-state index in [0.717, 1.165) is 26.2 Å². The molecule has 0 radical (unpaired) electrons. The molecule has 0 aromatic heterocycles. The van der Waals surface area contributed by atoms with E-state index >= 15 is 0 Å². The fourth-order valence-electron chi connectivity index (χ4n) is 3.30. The number of rotatable bonds is 4. The number of halogens is 1. The van der Waals surface area contributed by atoms with Gasteiger partial charge in [-0.25, -0.2) is 4.39 Å². The van der Waals surface area contributed by atoms with E-state index in [1.807, 2.05) is 0 Å². The number of hydrogen-bond acceptors (Lipinski definition) is 3. The molecule has 0 bridgehead atoms. The molecule has 108 valence electrons. The van der Waals surface area contributed by atoms with Crippen LogP contribution in [0.3, 0.4) is 0 Å². The molecule has 20 heavy (non-hydrogen) atoms. The second-order valence-electron chi connectivity index (χ2n) is 5.81. The molecule has 1 aromatic carbocycles. The summed E-state index contributed by atoms with van der Waals surface area (Å²) in [4.78, 5) is 17.0. The lowest BCUT2D eigenvalue weighted by Crippen LogP contribution is -2.50. The Morgan fingerprint density at radius 2 is 2.00 bits per heavy atom. The predicted octanol–water partition coefficient (Wildman–Crippen LogP) is 2.18. The number of carbonyl (C=O) groups excluding carboxylic acids is 1. The molecule has 0 aliphatic carbocycles. The van der Waals surface area contributed by atoms with Gasteiger partial charge in [-0.05, 0) is 43.7 Å². The normalized spacial score (nSPS) is 23.8. The summed E-state index contributed by atoms with van der Waals surface area (Å²) in [5, 5.41) is 0. The van der Waals surface area contributed by atoms with Gasteiger partial charge in [-0.2, -0.15) is 0 Å². The van der Waals surface area contributed by atoms with Crippen LogP contribution in [0, 0.1) is 5.82 Å². The summed E-state index contributed by atoms with van der Waals surface area (Å²) in [5.41, 5.74) is 0.617. The lowest BCUT2D eigenvalue weighted by atomic mass is 10.1. The van der Waals surface area contributed by atoms with E-state index < -0.39 is 0 Å². The monoisotopic (exact) mass is 276 g/mol. The summed E-state index contributed by atoms with van der Waals surface area (Å²) in [6, 6.07) is 6.55. The van der Waals surface area contributed by atoms with Crippen molar-refractivity contribution in [2.45, 2.75) is 25.3 Å². The minimum atomic E-state index is -0.293. The van der Waals surface area contributed by atoms with Crippen LogP contribution in [0.5, 0.6) is 0 Å². The Balaban J connectivity index is 1.49. The second kappa shape index (κ2) is 6.02. The zero-order valence-corrected chi connectivity index (χ0v) is 11.7. The molecule has 2 heterocycles. The first kappa shape index (κ1) is 13.7. The van der Waals surface area contributed by atoms with Crippen LogP contribution in [-0.2, 0) is 0 Å². The second-order valence-corrected chi connectivity index (χ2v) is 5.81. The molecule has 0 N–H and O–H groups in total. The summed E-state index contributed by atoms with van der Waals surface area (Å²) in [6.07, 6.45) is 3.13. The number of Topliss-reactive ketones (excluding diaryl/α,β-unsaturated/α-hetero) is 1. The van der Waals surface area contributed by atoms with E-state index in [4.69, 9.17) is 0 Å². The predicted molar refractivity (Wildman–Crippen MR) is 76.4 cm³/mol. The third-order valence-corrected chi connectivity index (χ3v) is 4.49. The van der Waals surface area contributed by atoms with Gasteiger partial charge in [0, 0.05) is 44.2 Å². The largest absolute Gasteiger partial charge is 0.300 e. The standard InChI is InChI=1S/C16H21FN2O/c17-14-5-3-13(4-6-14)16(20)7-9-18-10-11-19-8-1-2-15(19)12-18/h3-6,15H,1-2,7-12H2. The lowest BCUT2D eigenvalue weighted by molar-refractivity contribution is 0.0871. The number of piperazine rings is 1. The molecule has 1 atom stereocenters. The fraction of sp³-hybridized carbons (Fsp3) is 0.562. The molecule has 1 unspecified atom stereocenters. The van der Waals surface area contributed by atoms with Crippen molar-refractivity contribution in [3.8, 4) is 0 Å². The molecule has 2 saturated heterocycles. The SMILES string of the molecule is O=C(CCN1CCN2CCCC2C1)c1ccc(F)cc1. The maximum atomic E-state index is 12.8. The van der Waals surface area contributed by atoms with Crippen molar-refractivity contribution < 1.29 is 9.18 Å². The molecule has 2 fully saturated rings. The van der Waals surface area contributed by atoms with E-state index in [-0.39, 0.29) is 11.6 Å². The van der Waals surface area contributed by atoms with Crippen molar-refractivity contribution in [1.82, 2.24) is 9.80 Å². The van der Waals surface area contributed by atoms with Gasteiger partial charge >= 0.3 is 0 Å². The Labute approximate surface area is 119 Å². The molecule has 0 spiro atoms. The highest BCUT2D eigenvalue weighted by molar-refractivity contribution is 5.96. The molecule has 3 nitrogen and oxygen atoms in total. The summed E-state index contributed by atoms with van der Waals surface area (Å²) < 4.78 is 12.8. The molecular formula is C16H21FN2O. The third kappa shape index (κ3) is 3.07. The zero-order valence-electron chi connectivity index (χ0n) is 11.7. The van der Waals surface area contributed by atoms with Crippen molar-refractivity contribution in [3.05, 3.63) is 35.6 Å². The van der Waals surface area contributed by atoms with Gasteiger partial charge in [0.25, 0.3) is 0 Å². The number of fused-ring (bicyclic) bond motifs is 1. The molecule has 2 aliphatic heterocycles. The first-order valence-corrected chi connectivity index (χ1v) is 7.47. The lowest BCUT2D eigenvalue weighted by Gasteiger charge is -2.37. The third-order valence-electron chi connectivity index (χ3n) is 4.49. The molecule has 0 amide bonds. The van der Waals surface area contributed by atoms with Gasteiger partial charge in [-0.1, -0.05) is 0 Å². The summed E-state index contributed by atoms with van der Waals surface area (Å²) in [6.45, 7) is 5.35. The van der Waals surface area contributed by atoms with E-state index in [1.165, 1.54) is 31.5 Å². The van der Waals surface area contributed by atoms with Crippen LogP contribution in [0.2, 0.25) is 0 Å². The Morgan fingerprint density at radius 3 is 2.80 bits per heavy atom. The Bertz CT molecular complexity index is 474. The molecular weight excluding hydrogens is 255 g/mol. The van der Waals surface area contributed by atoms with Crippen molar-refractivity contribution in [1.29, 1.82) is 0 Å². The van der Waals surface area contributed by atoms with Gasteiger partial charge in [-0.15, -0.1) is 0 Å². The van der Waals surface area contributed by atoms with E-state index in [0.29, 0.717) is 18.0 Å². The van der Waals surface area contributed by atoms with Crippen LogP contribution in [0.15, 0.2) is 24.3 Å². The molecule has 0 saturated carbocycles. The van der Waals surface area contributed by atoms with Crippen molar-refractivity contribution in [2.75, 3.05) is 32.7 Å². The first-order chi connectivity index (χ1) is 9.72. The topological polar surface area (TPSA) is 23.6 Å². The van der Waals surface area contributed by atoms with Crippen LogP contribution in [0.1, 0.15) is 29.6 Å². The average Bonchev–Trinajstić information content (AvgIpc) is 2.93.